The van der Waals surface area contributed by atoms with Gasteiger partial charge in [0.25, 0.3) is 0 Å². The normalized spacial score (nSPS) is 18.3. The summed E-state index contributed by atoms with van der Waals surface area (Å²) in [7, 11) is 1.90. The molecule has 0 saturated heterocycles. The number of hydrogen-bond acceptors (Lipinski definition) is 2. The molecule has 1 aliphatic heterocycles. The van der Waals surface area contributed by atoms with Crippen LogP contribution in [-0.2, 0) is 17.3 Å². The molecule has 0 unspecified atom stereocenters. The third-order valence-electron chi connectivity index (χ3n) is 5.21. The highest BCUT2D eigenvalue weighted by atomic mass is 16.2. The predicted octanol–water partition coefficient (Wildman–Crippen LogP) is 3.33. The second-order valence-electron chi connectivity index (χ2n) is 6.28. The summed E-state index contributed by atoms with van der Waals surface area (Å²) in [6.45, 7) is 0. The van der Waals surface area contributed by atoms with Crippen LogP contribution in [0, 0.1) is 11.3 Å². The molecule has 110 valence electrons. The van der Waals surface area contributed by atoms with Gasteiger partial charge in [0.05, 0.1) is 5.41 Å². The van der Waals surface area contributed by atoms with Crippen LogP contribution in [-0.4, -0.2) is 10.5 Å². The summed E-state index contributed by atoms with van der Waals surface area (Å²) < 4.78 is 1.90. The van der Waals surface area contributed by atoms with Gasteiger partial charge >= 0.3 is 0 Å². The molecule has 1 aromatic heterocycles. The molecule has 4 rings (SSSR count). The third kappa shape index (κ3) is 1.59. The van der Waals surface area contributed by atoms with E-state index in [0.717, 1.165) is 48.2 Å². The standard InChI is InChI=1S/C18H17N3O/c1-21-13(11-19)5-7-16(21)12-4-6-15-14(10-12)18(17(22)20-15)8-2-3-9-18/h4-7,10H,2-3,8-9H2,1H3,(H,20,22). The van der Waals surface area contributed by atoms with Gasteiger partial charge in [0.1, 0.15) is 11.8 Å². The number of carbonyl (C=O) groups is 1. The summed E-state index contributed by atoms with van der Waals surface area (Å²) in [5, 5.41) is 12.2. The fourth-order valence-electron chi connectivity index (χ4n) is 3.96. The van der Waals surface area contributed by atoms with E-state index in [2.05, 4.69) is 17.5 Å². The van der Waals surface area contributed by atoms with Crippen molar-refractivity contribution in [1.29, 1.82) is 5.26 Å². The molecular weight excluding hydrogens is 274 g/mol. The van der Waals surface area contributed by atoms with Gasteiger partial charge in [-0.15, -0.1) is 0 Å². The average molecular weight is 291 g/mol. The van der Waals surface area contributed by atoms with Crippen LogP contribution in [0.25, 0.3) is 11.3 Å². The van der Waals surface area contributed by atoms with Gasteiger partial charge in [-0.25, -0.2) is 0 Å². The lowest BCUT2D eigenvalue weighted by molar-refractivity contribution is -0.120. The van der Waals surface area contributed by atoms with Crippen molar-refractivity contribution < 1.29 is 4.79 Å². The molecule has 1 aliphatic carbocycles. The molecule has 1 N–H and O–H groups in total. The number of rotatable bonds is 1. The van der Waals surface area contributed by atoms with Crippen LogP contribution in [0.2, 0.25) is 0 Å². The van der Waals surface area contributed by atoms with Crippen LogP contribution in [0.3, 0.4) is 0 Å². The zero-order valence-corrected chi connectivity index (χ0v) is 12.5. The Morgan fingerprint density at radius 1 is 1.23 bits per heavy atom. The van der Waals surface area contributed by atoms with E-state index in [1.54, 1.807) is 0 Å². The summed E-state index contributed by atoms with van der Waals surface area (Å²) in [4.78, 5) is 12.5. The van der Waals surface area contributed by atoms with Crippen LogP contribution < -0.4 is 5.32 Å². The summed E-state index contributed by atoms with van der Waals surface area (Å²) in [5.74, 6) is 0.154. The van der Waals surface area contributed by atoms with Gasteiger partial charge in [-0.05, 0) is 48.2 Å². The molecular formula is C18H17N3O. The van der Waals surface area contributed by atoms with Crippen molar-refractivity contribution in [1.82, 2.24) is 4.57 Å². The maximum Gasteiger partial charge on any atom is 0.235 e. The Morgan fingerprint density at radius 3 is 2.68 bits per heavy atom. The Bertz CT molecular complexity index is 819. The molecule has 1 fully saturated rings. The van der Waals surface area contributed by atoms with Crippen LogP contribution in [0.1, 0.15) is 36.9 Å². The molecule has 1 saturated carbocycles. The number of nitrogens with zero attached hydrogens (tertiary/aromatic N) is 2. The second-order valence-corrected chi connectivity index (χ2v) is 6.28. The van der Waals surface area contributed by atoms with Crippen molar-refractivity contribution in [3.05, 3.63) is 41.6 Å². The highest BCUT2D eigenvalue weighted by Crippen LogP contribution is 2.49. The summed E-state index contributed by atoms with van der Waals surface area (Å²) >= 11 is 0. The van der Waals surface area contributed by atoms with Gasteiger partial charge in [0.15, 0.2) is 0 Å². The van der Waals surface area contributed by atoms with E-state index >= 15 is 0 Å². The number of aromatic nitrogens is 1. The smallest absolute Gasteiger partial charge is 0.235 e. The van der Waals surface area contributed by atoms with E-state index in [-0.39, 0.29) is 11.3 Å². The number of nitriles is 1. The van der Waals surface area contributed by atoms with Gasteiger partial charge in [-0.3, -0.25) is 4.79 Å². The molecule has 1 aromatic carbocycles. The number of hydrogen-bond donors (Lipinski definition) is 1. The van der Waals surface area contributed by atoms with E-state index in [1.165, 1.54) is 0 Å². The zero-order valence-electron chi connectivity index (χ0n) is 12.5. The molecule has 1 spiro atoms. The Kier molecular flexibility index (Phi) is 2.67. The third-order valence-corrected chi connectivity index (χ3v) is 5.21. The first kappa shape index (κ1) is 13.1. The Balaban J connectivity index is 1.86. The molecule has 22 heavy (non-hydrogen) atoms. The Hall–Kier alpha value is -2.54. The summed E-state index contributed by atoms with van der Waals surface area (Å²) in [6.07, 6.45) is 4.09. The van der Waals surface area contributed by atoms with Crippen molar-refractivity contribution in [2.45, 2.75) is 31.1 Å². The van der Waals surface area contributed by atoms with Gasteiger partial charge in [-0.2, -0.15) is 5.26 Å². The molecule has 2 aliphatic rings. The van der Waals surface area contributed by atoms with Crippen molar-refractivity contribution in [2.24, 2.45) is 7.05 Å². The lowest BCUT2D eigenvalue weighted by Crippen LogP contribution is -2.30. The molecule has 1 amide bonds. The van der Waals surface area contributed by atoms with Gasteiger partial charge in [-0.1, -0.05) is 18.9 Å². The van der Waals surface area contributed by atoms with E-state index < -0.39 is 0 Å². The second kappa shape index (κ2) is 4.48. The largest absolute Gasteiger partial charge is 0.335 e. The van der Waals surface area contributed by atoms with E-state index in [0.29, 0.717) is 5.69 Å². The first-order chi connectivity index (χ1) is 10.7. The first-order valence-electron chi connectivity index (χ1n) is 7.68. The number of benzene rings is 1. The molecule has 4 nitrogen and oxygen atoms in total. The molecule has 0 atom stereocenters. The molecule has 2 aromatic rings. The molecule has 2 heterocycles. The SMILES string of the molecule is Cn1c(C#N)ccc1-c1ccc2c(c1)C1(CCCC1)C(=O)N2. The Morgan fingerprint density at radius 2 is 2.00 bits per heavy atom. The molecule has 0 radical (unpaired) electrons. The minimum atomic E-state index is -0.325. The lowest BCUT2D eigenvalue weighted by atomic mass is 9.79. The van der Waals surface area contributed by atoms with Gasteiger partial charge in [0.2, 0.25) is 5.91 Å². The number of carbonyl (C=O) groups excluding carboxylic acids is 1. The fourth-order valence-corrected chi connectivity index (χ4v) is 3.96. The number of fused-ring (bicyclic) bond motifs is 2. The van der Waals surface area contributed by atoms with E-state index in [1.807, 2.05) is 35.9 Å². The van der Waals surface area contributed by atoms with Gasteiger partial charge in [0, 0.05) is 18.4 Å². The van der Waals surface area contributed by atoms with Crippen molar-refractivity contribution >= 4 is 11.6 Å². The predicted molar refractivity (Wildman–Crippen MR) is 84.3 cm³/mol. The van der Waals surface area contributed by atoms with E-state index in [4.69, 9.17) is 5.26 Å². The topological polar surface area (TPSA) is 57.8 Å². The average Bonchev–Trinajstić information content (AvgIpc) is 3.21. The zero-order chi connectivity index (χ0) is 15.3. The monoisotopic (exact) mass is 291 g/mol. The maximum atomic E-state index is 12.5. The lowest BCUT2D eigenvalue weighted by Gasteiger charge is -2.21. The highest BCUT2D eigenvalue weighted by molar-refractivity contribution is 6.06. The first-order valence-corrected chi connectivity index (χ1v) is 7.68. The van der Waals surface area contributed by atoms with Gasteiger partial charge < -0.3 is 9.88 Å². The minimum absolute atomic E-state index is 0.154. The van der Waals surface area contributed by atoms with Crippen LogP contribution in [0.15, 0.2) is 30.3 Å². The van der Waals surface area contributed by atoms with Crippen LogP contribution in [0.4, 0.5) is 5.69 Å². The Labute approximate surface area is 129 Å². The molecule has 0 bridgehead atoms. The van der Waals surface area contributed by atoms with Crippen molar-refractivity contribution in [3.8, 4) is 17.3 Å². The quantitative estimate of drug-likeness (QED) is 0.876. The summed E-state index contributed by atoms with van der Waals surface area (Å²) in [6, 6.07) is 12.1. The number of amides is 1. The molecule has 4 heteroatoms. The fraction of sp³-hybridized carbons (Fsp3) is 0.333. The number of nitrogens with one attached hydrogen (secondary N) is 1. The van der Waals surface area contributed by atoms with E-state index in [9.17, 15) is 4.79 Å². The summed E-state index contributed by atoms with van der Waals surface area (Å²) in [5.41, 5.74) is 4.46. The van der Waals surface area contributed by atoms with Crippen LogP contribution in [0.5, 0.6) is 0 Å². The number of anilines is 1. The highest BCUT2D eigenvalue weighted by Gasteiger charge is 2.48. The van der Waals surface area contributed by atoms with Crippen molar-refractivity contribution in [3.63, 3.8) is 0 Å². The maximum absolute atomic E-state index is 12.5. The van der Waals surface area contributed by atoms with Crippen molar-refractivity contribution in [2.75, 3.05) is 5.32 Å². The minimum Gasteiger partial charge on any atom is -0.335 e. The van der Waals surface area contributed by atoms with Crippen LogP contribution >= 0.6 is 0 Å².